The van der Waals surface area contributed by atoms with Gasteiger partial charge in [-0.25, -0.2) is 9.97 Å². The highest BCUT2D eigenvalue weighted by molar-refractivity contribution is 5.97. The molecule has 2 heterocycles. The van der Waals surface area contributed by atoms with Crippen LogP contribution >= 0.6 is 0 Å². The second-order valence-electron chi connectivity index (χ2n) is 10.4. The van der Waals surface area contributed by atoms with E-state index in [2.05, 4.69) is 39.7 Å². The second kappa shape index (κ2) is 10.0. The highest BCUT2D eigenvalue weighted by atomic mass is 16.2. The first-order valence-electron chi connectivity index (χ1n) is 13.2. The molecule has 6 rings (SSSR count). The Balaban J connectivity index is 1.09. The van der Waals surface area contributed by atoms with Crippen molar-refractivity contribution in [2.24, 2.45) is 0 Å². The van der Waals surface area contributed by atoms with Gasteiger partial charge in [-0.15, -0.1) is 0 Å². The number of anilines is 2. The highest BCUT2D eigenvalue weighted by Crippen LogP contribution is 2.32. The standard InChI is InChI=1S/C30H28N6O4/c1-16-2-6-21-19(10-16)5-7-22(21)35-30(40)24-12-23(33-15-34-24)29(39)32-13-17-3-4-18-8-9-36(14-20(18)11-17)26-25(31)27(37)28(26)38/h2-4,6,10-12,15,22H,5,7-9,13-14,31H2,1H3,(H,32,39)(H,35,40)/t22-/m0/s1. The van der Waals surface area contributed by atoms with Crippen LogP contribution in [0, 0.1) is 6.92 Å². The molecule has 1 aliphatic carbocycles. The topological polar surface area (TPSA) is 147 Å². The third-order valence-electron chi connectivity index (χ3n) is 7.79. The zero-order valence-corrected chi connectivity index (χ0v) is 22.0. The quantitative estimate of drug-likeness (QED) is 0.317. The second-order valence-corrected chi connectivity index (χ2v) is 10.4. The van der Waals surface area contributed by atoms with E-state index in [1.165, 1.54) is 23.5 Å². The van der Waals surface area contributed by atoms with E-state index in [0.29, 0.717) is 18.8 Å². The van der Waals surface area contributed by atoms with Gasteiger partial charge < -0.3 is 21.3 Å². The number of nitrogens with two attached hydrogens (primary N) is 1. The number of amides is 2. The van der Waals surface area contributed by atoms with Gasteiger partial charge in [0.05, 0.1) is 6.04 Å². The maximum Gasteiger partial charge on any atom is 0.270 e. The Labute approximate surface area is 230 Å². The fourth-order valence-electron chi connectivity index (χ4n) is 5.63. The molecule has 2 aliphatic rings. The fraction of sp³-hybridized carbons (Fsp3) is 0.267. The molecule has 10 nitrogen and oxygen atoms in total. The summed E-state index contributed by atoms with van der Waals surface area (Å²) in [5.74, 6) is -0.773. The molecule has 0 bridgehead atoms. The predicted molar refractivity (Wildman–Crippen MR) is 150 cm³/mol. The predicted octanol–water partition coefficient (Wildman–Crippen LogP) is 1.87. The molecule has 4 aromatic rings. The maximum atomic E-state index is 12.9. The number of hydrogen-bond acceptors (Lipinski definition) is 8. The van der Waals surface area contributed by atoms with E-state index in [4.69, 9.17) is 5.73 Å². The number of nitrogens with zero attached hydrogens (tertiary/aromatic N) is 3. The van der Waals surface area contributed by atoms with Crippen molar-refractivity contribution < 1.29 is 9.59 Å². The molecule has 40 heavy (non-hydrogen) atoms. The lowest BCUT2D eigenvalue weighted by molar-refractivity contribution is 0.0931. The molecule has 3 aromatic carbocycles. The van der Waals surface area contributed by atoms with Crippen LogP contribution in [0.5, 0.6) is 0 Å². The molecule has 0 fully saturated rings. The lowest BCUT2D eigenvalue weighted by Crippen LogP contribution is -2.44. The largest absolute Gasteiger partial charge is 0.394 e. The SMILES string of the molecule is Cc1ccc2c(c1)CC[C@@H]2NC(=O)c1cc(C(=O)NCc2ccc3c(c2)CN(c2c(N)c(=O)c2=O)CC3)ncn1. The number of carbonyl (C=O) groups excluding carboxylic acids is 2. The first-order chi connectivity index (χ1) is 19.3. The van der Waals surface area contributed by atoms with E-state index >= 15 is 0 Å². The van der Waals surface area contributed by atoms with Crippen molar-refractivity contribution in [3.63, 3.8) is 0 Å². The molecule has 1 aliphatic heterocycles. The van der Waals surface area contributed by atoms with Crippen molar-refractivity contribution in [3.05, 3.63) is 114 Å². The minimum Gasteiger partial charge on any atom is -0.394 e. The Bertz CT molecular complexity index is 1740. The molecule has 10 heteroatoms. The number of hydrogen-bond donors (Lipinski definition) is 3. The lowest BCUT2D eigenvalue weighted by atomic mass is 9.96. The first-order valence-corrected chi connectivity index (χ1v) is 13.2. The average Bonchev–Trinajstić information content (AvgIpc) is 3.36. The molecule has 0 unspecified atom stereocenters. The fourth-order valence-corrected chi connectivity index (χ4v) is 5.63. The number of rotatable bonds is 6. The van der Waals surface area contributed by atoms with Gasteiger partial charge in [-0.1, -0.05) is 42.0 Å². The molecule has 0 spiro atoms. The number of aryl methyl sites for hydroxylation is 2. The van der Waals surface area contributed by atoms with Crippen LogP contribution in [-0.2, 0) is 25.9 Å². The molecule has 0 saturated carbocycles. The molecule has 1 aromatic heterocycles. The Morgan fingerprint density at radius 3 is 2.55 bits per heavy atom. The van der Waals surface area contributed by atoms with Crippen LogP contribution < -0.4 is 32.1 Å². The van der Waals surface area contributed by atoms with Crippen LogP contribution in [0.3, 0.4) is 0 Å². The van der Waals surface area contributed by atoms with Crippen molar-refractivity contribution in [1.29, 1.82) is 0 Å². The van der Waals surface area contributed by atoms with Crippen LogP contribution in [0.2, 0.25) is 0 Å². The number of benzene rings is 2. The third kappa shape index (κ3) is 4.61. The number of aromatic nitrogens is 2. The summed E-state index contributed by atoms with van der Waals surface area (Å²) in [4.78, 5) is 59.3. The Kier molecular flexibility index (Phi) is 6.37. The van der Waals surface area contributed by atoms with Gasteiger partial charge in [0.25, 0.3) is 22.7 Å². The van der Waals surface area contributed by atoms with Crippen molar-refractivity contribution >= 4 is 23.2 Å². The summed E-state index contributed by atoms with van der Waals surface area (Å²) in [7, 11) is 0. The van der Waals surface area contributed by atoms with Crippen LogP contribution in [-0.4, -0.2) is 28.3 Å². The van der Waals surface area contributed by atoms with Crippen LogP contribution in [0.15, 0.2) is 58.4 Å². The summed E-state index contributed by atoms with van der Waals surface area (Å²) >= 11 is 0. The third-order valence-corrected chi connectivity index (χ3v) is 7.79. The van der Waals surface area contributed by atoms with Gasteiger partial charge in [-0.3, -0.25) is 19.2 Å². The Morgan fingerprint density at radius 2 is 1.75 bits per heavy atom. The first kappa shape index (κ1) is 25.4. The summed E-state index contributed by atoms with van der Waals surface area (Å²) in [5, 5.41) is 5.89. The zero-order chi connectivity index (χ0) is 28.0. The number of fused-ring (bicyclic) bond motifs is 2. The van der Waals surface area contributed by atoms with E-state index in [-0.39, 0.29) is 35.6 Å². The Morgan fingerprint density at radius 1 is 0.950 bits per heavy atom. The van der Waals surface area contributed by atoms with Crippen LogP contribution in [0.25, 0.3) is 0 Å². The summed E-state index contributed by atoms with van der Waals surface area (Å²) in [6.07, 6.45) is 3.67. The summed E-state index contributed by atoms with van der Waals surface area (Å²) in [6.45, 7) is 3.37. The minimum atomic E-state index is -0.624. The van der Waals surface area contributed by atoms with Gasteiger partial charge in [-0.05, 0) is 54.0 Å². The van der Waals surface area contributed by atoms with Gasteiger partial charge in [-0.2, -0.15) is 0 Å². The summed E-state index contributed by atoms with van der Waals surface area (Å²) in [6, 6.07) is 13.5. The van der Waals surface area contributed by atoms with Crippen molar-refractivity contribution in [2.75, 3.05) is 17.2 Å². The van der Waals surface area contributed by atoms with Gasteiger partial charge in [0.15, 0.2) is 0 Å². The molecule has 0 radical (unpaired) electrons. The number of carbonyl (C=O) groups is 2. The van der Waals surface area contributed by atoms with E-state index in [1.54, 1.807) is 0 Å². The summed E-state index contributed by atoms with van der Waals surface area (Å²) < 4.78 is 0. The van der Waals surface area contributed by atoms with E-state index < -0.39 is 16.8 Å². The van der Waals surface area contributed by atoms with Crippen LogP contribution in [0.4, 0.5) is 11.4 Å². The molecule has 0 saturated heterocycles. The minimum absolute atomic E-state index is 0.0258. The van der Waals surface area contributed by atoms with E-state index in [0.717, 1.165) is 41.5 Å². The molecule has 1 atom stereocenters. The molecule has 4 N–H and O–H groups in total. The monoisotopic (exact) mass is 536 g/mol. The number of nitrogen functional groups attached to an aromatic ring is 1. The van der Waals surface area contributed by atoms with Crippen molar-refractivity contribution in [2.45, 2.75) is 45.3 Å². The Hall–Kier alpha value is -4.86. The van der Waals surface area contributed by atoms with Gasteiger partial charge in [0, 0.05) is 25.7 Å². The van der Waals surface area contributed by atoms with Gasteiger partial charge in [0.1, 0.15) is 29.1 Å². The van der Waals surface area contributed by atoms with Gasteiger partial charge in [0.2, 0.25) is 0 Å². The lowest BCUT2D eigenvalue weighted by Gasteiger charge is -2.32. The van der Waals surface area contributed by atoms with Gasteiger partial charge >= 0.3 is 0 Å². The average molecular weight is 537 g/mol. The summed E-state index contributed by atoms with van der Waals surface area (Å²) in [5.41, 5.74) is 11.7. The number of nitrogens with one attached hydrogen (secondary N) is 2. The molecule has 2 amide bonds. The van der Waals surface area contributed by atoms with Crippen molar-refractivity contribution in [1.82, 2.24) is 20.6 Å². The highest BCUT2D eigenvalue weighted by Gasteiger charge is 2.27. The molecular weight excluding hydrogens is 508 g/mol. The molecule has 202 valence electrons. The zero-order valence-electron chi connectivity index (χ0n) is 22.0. The smallest absolute Gasteiger partial charge is 0.270 e. The molecular formula is C30H28N6O4. The van der Waals surface area contributed by atoms with Crippen molar-refractivity contribution in [3.8, 4) is 0 Å². The van der Waals surface area contributed by atoms with Crippen LogP contribution in [0.1, 0.15) is 66.8 Å². The van der Waals surface area contributed by atoms with E-state index in [1.807, 2.05) is 29.2 Å². The normalized spacial score (nSPS) is 15.9. The van der Waals surface area contributed by atoms with E-state index in [9.17, 15) is 19.2 Å². The maximum absolute atomic E-state index is 12.9.